The molecule has 5 heteroatoms. The van der Waals surface area contributed by atoms with Gasteiger partial charge in [-0.25, -0.2) is 0 Å². The molecular weight excluding hydrogens is 338 g/mol. The van der Waals surface area contributed by atoms with Gasteiger partial charge >= 0.3 is 0 Å². The van der Waals surface area contributed by atoms with Crippen LogP contribution in [0.3, 0.4) is 0 Å². The summed E-state index contributed by atoms with van der Waals surface area (Å²) in [6, 6.07) is 13.6. The number of phenols is 1. The number of aromatic nitrogens is 2. The van der Waals surface area contributed by atoms with Gasteiger partial charge in [0.2, 0.25) is 0 Å². The zero-order valence-electron chi connectivity index (χ0n) is 15.8. The molecule has 5 nitrogen and oxygen atoms in total. The van der Waals surface area contributed by atoms with Crippen LogP contribution in [0.4, 0.5) is 0 Å². The summed E-state index contributed by atoms with van der Waals surface area (Å²) in [5, 5.41) is 13.9. The van der Waals surface area contributed by atoms with Gasteiger partial charge in [0, 0.05) is 24.4 Å². The van der Waals surface area contributed by atoms with Gasteiger partial charge in [0.25, 0.3) is 0 Å². The van der Waals surface area contributed by atoms with Crippen LogP contribution >= 0.6 is 0 Å². The standard InChI is InChI=1S/C22H25N3O2/c1-15(2)21-12-20(27-24-21)14-25-9-7-18(13-25)16-6-8-23-22(11-16)17-4-3-5-19(26)10-17/h3-6,8,10-12,15,18,26H,7,9,13-14H2,1-2H3. The van der Waals surface area contributed by atoms with Crippen molar-refractivity contribution in [2.24, 2.45) is 0 Å². The SMILES string of the molecule is CC(C)c1cc(CN2CCC(c3ccnc(-c4cccc(O)c4)c3)C2)on1. The first-order chi connectivity index (χ1) is 13.1. The molecule has 3 aromatic rings. The molecular formula is C22H25N3O2. The first kappa shape index (κ1) is 17.7. The van der Waals surface area contributed by atoms with Gasteiger partial charge in [0.15, 0.2) is 5.76 Å². The van der Waals surface area contributed by atoms with E-state index in [0.717, 1.165) is 48.8 Å². The third kappa shape index (κ3) is 4.03. The van der Waals surface area contributed by atoms with Crippen molar-refractivity contribution in [1.29, 1.82) is 0 Å². The summed E-state index contributed by atoms with van der Waals surface area (Å²) in [5.74, 6) is 2.08. The Morgan fingerprint density at radius 3 is 2.89 bits per heavy atom. The van der Waals surface area contributed by atoms with Crippen LogP contribution in [0.2, 0.25) is 0 Å². The normalized spacial score (nSPS) is 17.7. The highest BCUT2D eigenvalue weighted by Gasteiger charge is 2.25. The number of nitrogens with zero attached hydrogens (tertiary/aromatic N) is 3. The topological polar surface area (TPSA) is 62.4 Å². The monoisotopic (exact) mass is 363 g/mol. The molecule has 0 radical (unpaired) electrons. The van der Waals surface area contributed by atoms with Gasteiger partial charge in [-0.15, -0.1) is 0 Å². The molecule has 4 rings (SSSR count). The molecule has 0 spiro atoms. The Morgan fingerprint density at radius 1 is 1.22 bits per heavy atom. The third-order valence-corrected chi connectivity index (χ3v) is 5.22. The second-order valence-electron chi connectivity index (χ2n) is 7.62. The number of aromatic hydroxyl groups is 1. The second-order valence-corrected chi connectivity index (χ2v) is 7.62. The Balaban J connectivity index is 1.45. The molecule has 140 valence electrons. The van der Waals surface area contributed by atoms with E-state index in [2.05, 4.69) is 47.1 Å². The van der Waals surface area contributed by atoms with E-state index in [1.54, 1.807) is 12.1 Å². The number of rotatable bonds is 5. The fourth-order valence-corrected chi connectivity index (χ4v) is 3.67. The Kier molecular flexibility index (Phi) is 4.94. The molecule has 1 aliphatic rings. The summed E-state index contributed by atoms with van der Waals surface area (Å²) in [6.45, 7) is 7.11. The molecule has 1 atom stereocenters. The predicted octanol–water partition coefficient (Wildman–Crippen LogP) is 4.56. The van der Waals surface area contributed by atoms with Crippen LogP contribution < -0.4 is 0 Å². The number of benzene rings is 1. The van der Waals surface area contributed by atoms with Crippen LogP contribution in [0.1, 0.15) is 49.1 Å². The van der Waals surface area contributed by atoms with E-state index in [9.17, 15) is 5.11 Å². The van der Waals surface area contributed by atoms with Crippen LogP contribution in [0.5, 0.6) is 5.75 Å². The highest BCUT2D eigenvalue weighted by atomic mass is 16.5. The van der Waals surface area contributed by atoms with Crippen LogP contribution in [-0.2, 0) is 6.54 Å². The molecule has 1 unspecified atom stereocenters. The van der Waals surface area contributed by atoms with Crippen molar-refractivity contribution in [2.75, 3.05) is 13.1 Å². The van der Waals surface area contributed by atoms with Crippen molar-refractivity contribution < 1.29 is 9.63 Å². The average Bonchev–Trinajstić information content (AvgIpc) is 3.32. The summed E-state index contributed by atoms with van der Waals surface area (Å²) >= 11 is 0. The first-order valence-electron chi connectivity index (χ1n) is 9.51. The quantitative estimate of drug-likeness (QED) is 0.720. The van der Waals surface area contributed by atoms with Gasteiger partial charge in [0.1, 0.15) is 5.75 Å². The smallest absolute Gasteiger partial charge is 0.150 e. The predicted molar refractivity (Wildman–Crippen MR) is 105 cm³/mol. The van der Waals surface area contributed by atoms with Crippen molar-refractivity contribution in [3.63, 3.8) is 0 Å². The van der Waals surface area contributed by atoms with Crippen molar-refractivity contribution in [1.82, 2.24) is 15.0 Å². The molecule has 0 saturated carbocycles. The maximum absolute atomic E-state index is 9.72. The summed E-state index contributed by atoms with van der Waals surface area (Å²) in [6.07, 6.45) is 2.98. The van der Waals surface area contributed by atoms with Gasteiger partial charge in [-0.3, -0.25) is 9.88 Å². The van der Waals surface area contributed by atoms with Gasteiger partial charge in [-0.2, -0.15) is 0 Å². The lowest BCUT2D eigenvalue weighted by molar-refractivity contribution is 0.270. The summed E-state index contributed by atoms with van der Waals surface area (Å²) < 4.78 is 5.49. The number of hydrogen-bond donors (Lipinski definition) is 1. The van der Waals surface area contributed by atoms with E-state index in [1.165, 1.54) is 5.56 Å². The van der Waals surface area contributed by atoms with E-state index in [0.29, 0.717) is 11.8 Å². The van der Waals surface area contributed by atoms with Gasteiger partial charge in [0.05, 0.1) is 17.9 Å². The fourth-order valence-electron chi connectivity index (χ4n) is 3.67. The molecule has 0 amide bonds. The summed E-state index contributed by atoms with van der Waals surface area (Å²) in [7, 11) is 0. The Labute approximate surface area is 159 Å². The van der Waals surface area contributed by atoms with Gasteiger partial charge < -0.3 is 9.63 Å². The minimum Gasteiger partial charge on any atom is -0.508 e. The summed E-state index contributed by atoms with van der Waals surface area (Å²) in [4.78, 5) is 6.90. The number of likely N-dealkylation sites (tertiary alicyclic amines) is 1. The van der Waals surface area contributed by atoms with E-state index in [4.69, 9.17) is 4.52 Å². The van der Waals surface area contributed by atoms with Crippen molar-refractivity contribution >= 4 is 0 Å². The maximum atomic E-state index is 9.72. The fraction of sp³-hybridized carbons (Fsp3) is 0.364. The molecule has 1 fully saturated rings. The van der Waals surface area contributed by atoms with Crippen LogP contribution in [0.25, 0.3) is 11.3 Å². The van der Waals surface area contributed by atoms with E-state index >= 15 is 0 Å². The van der Waals surface area contributed by atoms with Gasteiger partial charge in [-0.1, -0.05) is 31.1 Å². The molecule has 0 aliphatic carbocycles. The lowest BCUT2D eigenvalue weighted by Crippen LogP contribution is -2.19. The minimum absolute atomic E-state index is 0.263. The van der Waals surface area contributed by atoms with Crippen LogP contribution in [0.15, 0.2) is 53.2 Å². The second kappa shape index (κ2) is 7.53. The van der Waals surface area contributed by atoms with E-state index < -0.39 is 0 Å². The number of phenolic OH excluding ortho intramolecular Hbond substituents is 1. The molecule has 27 heavy (non-hydrogen) atoms. The molecule has 1 aliphatic heterocycles. The summed E-state index contributed by atoms with van der Waals surface area (Å²) in [5.41, 5.74) is 4.16. The Bertz CT molecular complexity index is 919. The van der Waals surface area contributed by atoms with Crippen molar-refractivity contribution in [3.05, 3.63) is 65.7 Å². The zero-order valence-corrected chi connectivity index (χ0v) is 15.8. The Morgan fingerprint density at radius 2 is 2.11 bits per heavy atom. The Hall–Kier alpha value is -2.66. The molecule has 2 aromatic heterocycles. The molecule has 1 N–H and O–H groups in total. The number of hydrogen-bond acceptors (Lipinski definition) is 5. The zero-order chi connectivity index (χ0) is 18.8. The molecule has 0 bridgehead atoms. The minimum atomic E-state index is 0.263. The third-order valence-electron chi connectivity index (χ3n) is 5.22. The van der Waals surface area contributed by atoms with Crippen molar-refractivity contribution in [3.8, 4) is 17.0 Å². The lowest BCUT2D eigenvalue weighted by Gasteiger charge is -2.15. The van der Waals surface area contributed by atoms with Crippen LogP contribution in [0, 0.1) is 0 Å². The molecule has 1 saturated heterocycles. The molecule has 3 heterocycles. The highest BCUT2D eigenvalue weighted by molar-refractivity contribution is 5.61. The highest BCUT2D eigenvalue weighted by Crippen LogP contribution is 2.31. The lowest BCUT2D eigenvalue weighted by atomic mass is 9.97. The largest absolute Gasteiger partial charge is 0.508 e. The molecule has 1 aromatic carbocycles. The maximum Gasteiger partial charge on any atom is 0.150 e. The van der Waals surface area contributed by atoms with Crippen LogP contribution in [-0.4, -0.2) is 33.2 Å². The number of pyridine rings is 1. The first-order valence-corrected chi connectivity index (χ1v) is 9.51. The van der Waals surface area contributed by atoms with Gasteiger partial charge in [-0.05, 0) is 54.6 Å². The van der Waals surface area contributed by atoms with E-state index in [-0.39, 0.29) is 5.75 Å². The average molecular weight is 363 g/mol. The van der Waals surface area contributed by atoms with Crippen molar-refractivity contribution in [2.45, 2.75) is 38.6 Å². The van der Waals surface area contributed by atoms with E-state index in [1.807, 2.05) is 18.3 Å².